The summed E-state index contributed by atoms with van der Waals surface area (Å²) in [5.41, 5.74) is -0.0442. The highest BCUT2D eigenvalue weighted by atomic mass is 16.5. The van der Waals surface area contributed by atoms with Gasteiger partial charge in [0, 0.05) is 31.5 Å². The van der Waals surface area contributed by atoms with Crippen LogP contribution in [0.25, 0.3) is 0 Å². The van der Waals surface area contributed by atoms with Crippen LogP contribution in [0.4, 0.5) is 0 Å². The van der Waals surface area contributed by atoms with Crippen molar-refractivity contribution in [1.82, 2.24) is 20.1 Å². The summed E-state index contributed by atoms with van der Waals surface area (Å²) in [5.74, 6) is 4.73. The summed E-state index contributed by atoms with van der Waals surface area (Å²) in [5, 5.41) is 12.0. The molecule has 142 valence electrons. The topological polar surface area (TPSA) is 69.0 Å². The predicted octanol–water partition coefficient (Wildman–Crippen LogP) is 2.46. The lowest BCUT2D eigenvalue weighted by Gasteiger charge is -2.55. The summed E-state index contributed by atoms with van der Waals surface area (Å²) >= 11 is 0. The maximum atomic E-state index is 13.3. The first-order chi connectivity index (χ1) is 12.6. The number of aryl methyl sites for hydroxylation is 1. The summed E-state index contributed by atoms with van der Waals surface area (Å²) in [4.78, 5) is 13.3. The molecule has 1 atom stereocenters. The van der Waals surface area contributed by atoms with E-state index in [4.69, 9.17) is 4.74 Å². The van der Waals surface area contributed by atoms with E-state index in [-0.39, 0.29) is 11.5 Å². The highest BCUT2D eigenvalue weighted by molar-refractivity contribution is 5.83. The maximum absolute atomic E-state index is 13.3. The summed E-state index contributed by atoms with van der Waals surface area (Å²) in [6.45, 7) is 1.37. The van der Waals surface area contributed by atoms with E-state index in [0.29, 0.717) is 12.5 Å². The lowest BCUT2D eigenvalue weighted by molar-refractivity contribution is -0.147. The fourth-order valence-electron chi connectivity index (χ4n) is 6.66. The molecule has 4 saturated carbocycles. The number of nitrogens with one attached hydrogen (secondary N) is 1. The Morgan fingerprint density at radius 3 is 2.50 bits per heavy atom. The van der Waals surface area contributed by atoms with E-state index < -0.39 is 0 Å². The standard InChI is InChI=1S/C20H30N4O2/c1-26-12-18-23-22-17-3-2-16(4-5-24(17)18)21-19(25)20-9-13-6-14(10-20)8-15(7-13)11-20/h13-16H,2-12H2,1H3,(H,21,25). The molecular formula is C20H30N4O2. The molecule has 1 aliphatic heterocycles. The van der Waals surface area contributed by atoms with Gasteiger partial charge in [-0.2, -0.15) is 0 Å². The molecule has 0 saturated heterocycles. The summed E-state index contributed by atoms with van der Waals surface area (Å²) < 4.78 is 7.41. The fourth-order valence-corrected chi connectivity index (χ4v) is 6.66. The lowest BCUT2D eigenvalue weighted by atomic mass is 9.49. The Kier molecular flexibility index (Phi) is 4.07. The van der Waals surface area contributed by atoms with Gasteiger partial charge < -0.3 is 14.6 Å². The smallest absolute Gasteiger partial charge is 0.226 e. The second-order valence-electron chi connectivity index (χ2n) is 9.31. The van der Waals surface area contributed by atoms with Gasteiger partial charge in [-0.25, -0.2) is 0 Å². The van der Waals surface area contributed by atoms with Crippen molar-refractivity contribution in [2.24, 2.45) is 23.2 Å². The van der Waals surface area contributed by atoms with Crippen molar-refractivity contribution in [2.45, 2.75) is 77.0 Å². The van der Waals surface area contributed by atoms with Crippen LogP contribution in [0, 0.1) is 23.2 Å². The third kappa shape index (κ3) is 2.77. The number of hydrogen-bond acceptors (Lipinski definition) is 4. The largest absolute Gasteiger partial charge is 0.377 e. The number of aromatic nitrogens is 3. The van der Waals surface area contributed by atoms with Gasteiger partial charge in [0.25, 0.3) is 0 Å². The highest BCUT2D eigenvalue weighted by Crippen LogP contribution is 2.60. The molecule has 2 heterocycles. The number of methoxy groups -OCH3 is 1. The maximum Gasteiger partial charge on any atom is 0.226 e. The van der Waals surface area contributed by atoms with Gasteiger partial charge in [0.1, 0.15) is 12.4 Å². The number of nitrogens with zero attached hydrogens (tertiary/aromatic N) is 3. The monoisotopic (exact) mass is 358 g/mol. The molecule has 26 heavy (non-hydrogen) atoms. The van der Waals surface area contributed by atoms with Gasteiger partial charge in [-0.05, 0) is 69.1 Å². The number of rotatable bonds is 4. The van der Waals surface area contributed by atoms with Crippen molar-refractivity contribution in [1.29, 1.82) is 0 Å². The van der Waals surface area contributed by atoms with Crippen molar-refractivity contribution in [3.8, 4) is 0 Å². The minimum Gasteiger partial charge on any atom is -0.377 e. The normalized spacial score (nSPS) is 38.0. The molecule has 5 aliphatic rings. The van der Waals surface area contributed by atoms with E-state index in [1.807, 2.05) is 0 Å². The minimum atomic E-state index is -0.0442. The lowest BCUT2D eigenvalue weighted by Crippen LogP contribution is -2.55. The number of amides is 1. The van der Waals surface area contributed by atoms with E-state index >= 15 is 0 Å². The third-order valence-electron chi connectivity index (χ3n) is 7.45. The van der Waals surface area contributed by atoms with E-state index in [1.54, 1.807) is 7.11 Å². The number of carbonyl (C=O) groups excluding carboxylic acids is 1. The first kappa shape index (κ1) is 16.7. The Morgan fingerprint density at radius 2 is 1.85 bits per heavy atom. The molecule has 4 fully saturated rings. The van der Waals surface area contributed by atoms with E-state index in [1.165, 1.54) is 19.3 Å². The zero-order valence-electron chi connectivity index (χ0n) is 15.7. The first-order valence-electron chi connectivity index (χ1n) is 10.4. The van der Waals surface area contributed by atoms with Crippen LogP contribution in [0.5, 0.6) is 0 Å². The van der Waals surface area contributed by atoms with Crippen molar-refractivity contribution in [2.75, 3.05) is 7.11 Å². The molecule has 6 rings (SSSR count). The van der Waals surface area contributed by atoms with Crippen LogP contribution in [-0.2, 0) is 29.1 Å². The van der Waals surface area contributed by atoms with Crippen molar-refractivity contribution in [3.05, 3.63) is 11.6 Å². The van der Waals surface area contributed by atoms with Gasteiger partial charge in [-0.1, -0.05) is 0 Å². The second kappa shape index (κ2) is 6.32. The molecule has 1 aromatic rings. The van der Waals surface area contributed by atoms with Crippen LogP contribution in [0.2, 0.25) is 0 Å². The van der Waals surface area contributed by atoms with Gasteiger partial charge in [0.05, 0.1) is 0 Å². The van der Waals surface area contributed by atoms with Gasteiger partial charge in [0.2, 0.25) is 5.91 Å². The zero-order chi connectivity index (χ0) is 17.7. The van der Waals surface area contributed by atoms with Gasteiger partial charge in [0.15, 0.2) is 5.82 Å². The Morgan fingerprint density at radius 1 is 1.15 bits per heavy atom. The van der Waals surface area contributed by atoms with E-state index in [2.05, 4.69) is 20.1 Å². The molecular weight excluding hydrogens is 328 g/mol. The Labute approximate surface area is 155 Å². The summed E-state index contributed by atoms with van der Waals surface area (Å²) in [7, 11) is 1.69. The van der Waals surface area contributed by atoms with Crippen LogP contribution in [0.1, 0.15) is 63.0 Å². The summed E-state index contributed by atoms with van der Waals surface area (Å²) in [6, 6.07) is 0.257. The Balaban J connectivity index is 1.25. The average molecular weight is 358 g/mol. The van der Waals surface area contributed by atoms with E-state index in [9.17, 15) is 4.79 Å². The molecule has 6 heteroatoms. The minimum absolute atomic E-state index is 0.0442. The molecule has 1 unspecified atom stereocenters. The number of hydrogen-bond donors (Lipinski definition) is 1. The first-order valence-corrected chi connectivity index (χ1v) is 10.4. The van der Waals surface area contributed by atoms with Crippen molar-refractivity contribution < 1.29 is 9.53 Å². The van der Waals surface area contributed by atoms with Crippen molar-refractivity contribution in [3.63, 3.8) is 0 Å². The Bertz CT molecular complexity index is 663. The second-order valence-corrected chi connectivity index (χ2v) is 9.31. The molecule has 4 bridgehead atoms. The molecule has 0 spiro atoms. The van der Waals surface area contributed by atoms with Crippen LogP contribution >= 0.6 is 0 Å². The van der Waals surface area contributed by atoms with E-state index in [0.717, 1.165) is 74.5 Å². The van der Waals surface area contributed by atoms with Gasteiger partial charge >= 0.3 is 0 Å². The van der Waals surface area contributed by atoms with Crippen LogP contribution in [0.3, 0.4) is 0 Å². The summed E-state index contributed by atoms with van der Waals surface area (Å²) in [6.07, 6.45) is 10.4. The molecule has 6 nitrogen and oxygen atoms in total. The van der Waals surface area contributed by atoms with Gasteiger partial charge in [-0.3, -0.25) is 4.79 Å². The SMILES string of the molecule is COCc1nnc2n1CCC(NC(=O)C13CC4CC(CC(C4)C1)C3)CC2. The fraction of sp³-hybridized carbons (Fsp3) is 0.850. The average Bonchev–Trinajstić information content (AvgIpc) is 2.86. The molecule has 0 aromatic carbocycles. The zero-order valence-corrected chi connectivity index (χ0v) is 15.7. The number of fused-ring (bicyclic) bond motifs is 1. The number of carbonyl (C=O) groups is 1. The molecule has 4 aliphatic carbocycles. The predicted molar refractivity (Wildman–Crippen MR) is 96.2 cm³/mol. The number of ether oxygens (including phenoxy) is 1. The molecule has 1 aromatic heterocycles. The third-order valence-corrected chi connectivity index (χ3v) is 7.45. The van der Waals surface area contributed by atoms with Gasteiger partial charge in [-0.15, -0.1) is 10.2 Å². The quantitative estimate of drug-likeness (QED) is 0.898. The van der Waals surface area contributed by atoms with Crippen LogP contribution in [0.15, 0.2) is 0 Å². The Hall–Kier alpha value is -1.43. The highest BCUT2D eigenvalue weighted by Gasteiger charge is 2.54. The van der Waals surface area contributed by atoms with Crippen LogP contribution in [-0.4, -0.2) is 33.8 Å². The van der Waals surface area contributed by atoms with Crippen molar-refractivity contribution >= 4 is 5.91 Å². The van der Waals surface area contributed by atoms with Crippen LogP contribution < -0.4 is 5.32 Å². The molecule has 1 N–H and O–H groups in total. The molecule has 1 amide bonds. The molecule has 0 radical (unpaired) electrons.